The number of esters is 1. The van der Waals surface area contributed by atoms with Gasteiger partial charge in [0.1, 0.15) is 11.3 Å². The highest BCUT2D eigenvalue weighted by atomic mass is 16.5. The average Bonchev–Trinajstić information content (AvgIpc) is 2.75. The van der Waals surface area contributed by atoms with Gasteiger partial charge in [0.25, 0.3) is 0 Å². The Labute approximate surface area is 168 Å². The third-order valence-corrected chi connectivity index (χ3v) is 5.26. The number of piperidine rings is 1. The van der Waals surface area contributed by atoms with Gasteiger partial charge in [-0.3, -0.25) is 9.89 Å². The quantitative estimate of drug-likeness (QED) is 0.403. The SMILES string of the molecule is CCC1CCCCN1CCNC(=NC)NCc1ccc(OC)c(C(=O)OC)c1. The van der Waals surface area contributed by atoms with Crippen LogP contribution in [0, 0.1) is 0 Å². The Morgan fingerprint density at radius 3 is 2.79 bits per heavy atom. The number of hydrogen-bond donors (Lipinski definition) is 2. The van der Waals surface area contributed by atoms with E-state index in [9.17, 15) is 4.79 Å². The minimum Gasteiger partial charge on any atom is -0.496 e. The molecule has 2 N–H and O–H groups in total. The number of guanidine groups is 1. The molecule has 0 bridgehead atoms. The molecule has 0 spiro atoms. The molecule has 1 aliphatic rings. The smallest absolute Gasteiger partial charge is 0.341 e. The van der Waals surface area contributed by atoms with Crippen LogP contribution in [-0.2, 0) is 11.3 Å². The van der Waals surface area contributed by atoms with E-state index >= 15 is 0 Å². The molecule has 7 nitrogen and oxygen atoms in total. The monoisotopic (exact) mass is 390 g/mol. The highest BCUT2D eigenvalue weighted by Crippen LogP contribution is 2.21. The highest BCUT2D eigenvalue weighted by Gasteiger charge is 2.20. The number of aliphatic imine (C=N–C) groups is 1. The summed E-state index contributed by atoms with van der Waals surface area (Å²) >= 11 is 0. The minimum atomic E-state index is -0.409. The molecule has 1 fully saturated rings. The summed E-state index contributed by atoms with van der Waals surface area (Å²) in [6, 6.07) is 6.19. The minimum absolute atomic E-state index is 0.409. The van der Waals surface area contributed by atoms with Crippen LogP contribution < -0.4 is 15.4 Å². The zero-order valence-corrected chi connectivity index (χ0v) is 17.6. The van der Waals surface area contributed by atoms with Crippen LogP contribution in [-0.4, -0.2) is 63.8 Å². The Balaban J connectivity index is 1.85. The molecule has 0 amide bonds. The molecular weight excluding hydrogens is 356 g/mol. The number of hydrogen-bond acceptors (Lipinski definition) is 5. The van der Waals surface area contributed by atoms with Crippen LogP contribution in [0.3, 0.4) is 0 Å². The van der Waals surface area contributed by atoms with Crippen molar-refractivity contribution in [2.24, 2.45) is 4.99 Å². The fourth-order valence-corrected chi connectivity index (χ4v) is 3.68. The van der Waals surface area contributed by atoms with Crippen LogP contribution in [0.1, 0.15) is 48.5 Å². The van der Waals surface area contributed by atoms with E-state index in [4.69, 9.17) is 9.47 Å². The summed E-state index contributed by atoms with van der Waals surface area (Å²) in [5.41, 5.74) is 1.37. The molecule has 1 atom stereocenters. The molecule has 1 aromatic carbocycles. The van der Waals surface area contributed by atoms with Crippen LogP contribution in [0.5, 0.6) is 5.75 Å². The number of nitrogens with zero attached hydrogens (tertiary/aromatic N) is 2. The van der Waals surface area contributed by atoms with Crippen molar-refractivity contribution >= 4 is 11.9 Å². The average molecular weight is 391 g/mol. The van der Waals surface area contributed by atoms with E-state index in [0.717, 1.165) is 24.6 Å². The normalized spacial score (nSPS) is 17.9. The van der Waals surface area contributed by atoms with Crippen LogP contribution in [0.25, 0.3) is 0 Å². The first-order valence-corrected chi connectivity index (χ1v) is 10.1. The lowest BCUT2D eigenvalue weighted by atomic mass is 10.0. The Kier molecular flexibility index (Phi) is 9.07. The van der Waals surface area contributed by atoms with Crippen molar-refractivity contribution < 1.29 is 14.3 Å². The van der Waals surface area contributed by atoms with Gasteiger partial charge in [0.05, 0.1) is 14.2 Å². The van der Waals surface area contributed by atoms with E-state index in [-0.39, 0.29) is 0 Å². The van der Waals surface area contributed by atoms with E-state index in [1.54, 1.807) is 19.2 Å². The van der Waals surface area contributed by atoms with E-state index in [0.29, 0.717) is 23.9 Å². The molecule has 156 valence electrons. The molecule has 7 heteroatoms. The number of carbonyl (C=O) groups excluding carboxylic acids is 1. The van der Waals surface area contributed by atoms with Crippen molar-refractivity contribution in [1.29, 1.82) is 0 Å². The summed E-state index contributed by atoms with van der Waals surface area (Å²) in [7, 11) is 4.67. The van der Waals surface area contributed by atoms with Gasteiger partial charge in [-0.1, -0.05) is 19.4 Å². The van der Waals surface area contributed by atoms with Gasteiger partial charge >= 0.3 is 5.97 Å². The Morgan fingerprint density at radius 1 is 1.29 bits per heavy atom. The second-order valence-corrected chi connectivity index (χ2v) is 6.97. The van der Waals surface area contributed by atoms with Crippen molar-refractivity contribution in [2.45, 2.75) is 45.2 Å². The van der Waals surface area contributed by atoms with Crippen molar-refractivity contribution in [1.82, 2.24) is 15.5 Å². The molecule has 1 aromatic rings. The first-order chi connectivity index (χ1) is 13.6. The van der Waals surface area contributed by atoms with E-state index in [1.807, 2.05) is 6.07 Å². The van der Waals surface area contributed by atoms with Crippen molar-refractivity contribution in [3.8, 4) is 5.75 Å². The van der Waals surface area contributed by atoms with Crippen LogP contribution in [0.4, 0.5) is 0 Å². The van der Waals surface area contributed by atoms with Crippen molar-refractivity contribution in [3.63, 3.8) is 0 Å². The van der Waals surface area contributed by atoms with Crippen LogP contribution in [0.15, 0.2) is 23.2 Å². The topological polar surface area (TPSA) is 75.2 Å². The highest BCUT2D eigenvalue weighted by molar-refractivity contribution is 5.92. The number of carbonyl (C=O) groups is 1. The van der Waals surface area contributed by atoms with Crippen molar-refractivity contribution in [2.75, 3.05) is 40.9 Å². The van der Waals surface area contributed by atoms with E-state index in [2.05, 4.69) is 27.4 Å². The number of methoxy groups -OCH3 is 2. The van der Waals surface area contributed by atoms with Gasteiger partial charge in [0.2, 0.25) is 0 Å². The molecule has 0 saturated carbocycles. The van der Waals surface area contributed by atoms with E-state index in [1.165, 1.54) is 46.4 Å². The predicted octanol–water partition coefficient (Wildman–Crippen LogP) is 2.41. The maximum atomic E-state index is 11.9. The van der Waals surface area contributed by atoms with Crippen LogP contribution in [0.2, 0.25) is 0 Å². The summed E-state index contributed by atoms with van der Waals surface area (Å²) in [5.74, 6) is 0.846. The summed E-state index contributed by atoms with van der Waals surface area (Å²) in [6.07, 6.45) is 5.17. The molecule has 0 aromatic heterocycles. The lowest BCUT2D eigenvalue weighted by Gasteiger charge is -2.35. The lowest BCUT2D eigenvalue weighted by Crippen LogP contribution is -2.45. The van der Waals surface area contributed by atoms with Gasteiger partial charge in [-0.05, 0) is 43.5 Å². The summed E-state index contributed by atoms with van der Waals surface area (Å²) < 4.78 is 10.1. The molecule has 1 saturated heterocycles. The van der Waals surface area contributed by atoms with Gasteiger partial charge in [-0.15, -0.1) is 0 Å². The molecule has 1 unspecified atom stereocenters. The Bertz CT molecular complexity index is 663. The fraction of sp³-hybridized carbons (Fsp3) is 0.619. The van der Waals surface area contributed by atoms with Crippen molar-refractivity contribution in [3.05, 3.63) is 29.3 Å². The number of benzene rings is 1. The fourth-order valence-electron chi connectivity index (χ4n) is 3.68. The summed E-state index contributed by atoms with van der Waals surface area (Å²) in [5, 5.41) is 6.68. The van der Waals surface area contributed by atoms with Crippen LogP contribution >= 0.6 is 0 Å². The Morgan fingerprint density at radius 2 is 2.11 bits per heavy atom. The number of rotatable bonds is 8. The zero-order chi connectivity index (χ0) is 20.4. The summed E-state index contributed by atoms with van der Waals surface area (Å²) in [4.78, 5) is 18.8. The largest absolute Gasteiger partial charge is 0.496 e. The number of nitrogens with one attached hydrogen (secondary N) is 2. The maximum Gasteiger partial charge on any atom is 0.341 e. The van der Waals surface area contributed by atoms with Gasteiger partial charge in [-0.25, -0.2) is 4.79 Å². The number of ether oxygens (including phenoxy) is 2. The van der Waals surface area contributed by atoms with Gasteiger partial charge in [-0.2, -0.15) is 0 Å². The molecule has 2 rings (SSSR count). The zero-order valence-electron chi connectivity index (χ0n) is 17.6. The van der Waals surface area contributed by atoms with Gasteiger partial charge < -0.3 is 20.1 Å². The third-order valence-electron chi connectivity index (χ3n) is 5.26. The lowest BCUT2D eigenvalue weighted by molar-refractivity contribution is 0.0597. The van der Waals surface area contributed by atoms with Gasteiger partial charge in [0.15, 0.2) is 5.96 Å². The first-order valence-electron chi connectivity index (χ1n) is 10.1. The molecule has 28 heavy (non-hydrogen) atoms. The standard InChI is InChI=1S/C21H34N4O3/c1-5-17-8-6-7-12-25(17)13-11-23-21(22-2)24-15-16-9-10-19(27-3)18(14-16)20(26)28-4/h9-10,14,17H,5-8,11-13,15H2,1-4H3,(H2,22,23,24). The second-order valence-electron chi connectivity index (χ2n) is 6.97. The second kappa shape index (κ2) is 11.5. The summed E-state index contributed by atoms with van der Waals surface area (Å²) in [6.45, 7) is 5.89. The first kappa shape index (κ1) is 22.0. The molecule has 0 aliphatic carbocycles. The molecule has 1 heterocycles. The molecule has 1 aliphatic heterocycles. The predicted molar refractivity (Wildman–Crippen MR) is 112 cm³/mol. The molecular formula is C21H34N4O3. The number of likely N-dealkylation sites (tertiary alicyclic amines) is 1. The van der Waals surface area contributed by atoms with E-state index < -0.39 is 5.97 Å². The third kappa shape index (κ3) is 6.12. The maximum absolute atomic E-state index is 11.9. The van der Waals surface area contributed by atoms with Gasteiger partial charge in [0, 0.05) is 32.7 Å². The molecule has 0 radical (unpaired) electrons. The Hall–Kier alpha value is -2.28.